The Labute approximate surface area is 127 Å². The SMILES string of the molecule is CC=C(C(=O)OC12CC3CC(CC(CO)(C3)C1)C2)C(F)(F)F. The molecular formula is C16H21F3O3. The van der Waals surface area contributed by atoms with Crippen molar-refractivity contribution in [2.24, 2.45) is 17.3 Å². The van der Waals surface area contributed by atoms with E-state index in [2.05, 4.69) is 0 Å². The Hall–Kier alpha value is -1.04. The van der Waals surface area contributed by atoms with Crippen LogP contribution in [-0.2, 0) is 9.53 Å². The van der Waals surface area contributed by atoms with E-state index in [1.54, 1.807) is 0 Å². The van der Waals surface area contributed by atoms with Crippen LogP contribution in [0.1, 0.15) is 45.4 Å². The number of halogens is 3. The summed E-state index contributed by atoms with van der Waals surface area (Å²) in [4.78, 5) is 12.0. The second-order valence-corrected chi connectivity index (χ2v) is 7.39. The van der Waals surface area contributed by atoms with Gasteiger partial charge in [0.2, 0.25) is 0 Å². The van der Waals surface area contributed by atoms with Crippen molar-refractivity contribution in [3.8, 4) is 0 Å². The summed E-state index contributed by atoms with van der Waals surface area (Å²) in [7, 11) is 0. The molecule has 2 atom stereocenters. The van der Waals surface area contributed by atoms with Gasteiger partial charge in [-0.25, -0.2) is 4.79 Å². The number of aliphatic hydroxyl groups is 1. The van der Waals surface area contributed by atoms with Gasteiger partial charge in [-0.2, -0.15) is 13.2 Å². The van der Waals surface area contributed by atoms with E-state index in [0.717, 1.165) is 25.3 Å². The molecule has 0 aromatic rings. The van der Waals surface area contributed by atoms with Crippen molar-refractivity contribution in [2.75, 3.05) is 6.61 Å². The minimum absolute atomic E-state index is 0.0229. The smallest absolute Gasteiger partial charge is 0.423 e. The average Bonchev–Trinajstić information content (AvgIpc) is 2.35. The van der Waals surface area contributed by atoms with Crippen LogP contribution in [0.5, 0.6) is 0 Å². The van der Waals surface area contributed by atoms with Gasteiger partial charge < -0.3 is 9.84 Å². The van der Waals surface area contributed by atoms with Gasteiger partial charge in [-0.3, -0.25) is 0 Å². The zero-order valence-corrected chi connectivity index (χ0v) is 12.6. The molecule has 0 aromatic heterocycles. The molecule has 4 fully saturated rings. The summed E-state index contributed by atoms with van der Waals surface area (Å²) in [5.41, 5.74) is -2.32. The predicted octanol–water partition coefficient (Wildman–Crippen LogP) is 3.37. The highest BCUT2D eigenvalue weighted by Gasteiger charge is 2.59. The van der Waals surface area contributed by atoms with Crippen molar-refractivity contribution in [1.29, 1.82) is 0 Å². The first-order valence-corrected chi connectivity index (χ1v) is 7.79. The van der Waals surface area contributed by atoms with Gasteiger partial charge in [0.05, 0.1) is 0 Å². The van der Waals surface area contributed by atoms with Crippen LogP contribution in [0.15, 0.2) is 11.6 Å². The van der Waals surface area contributed by atoms with Gasteiger partial charge in [0, 0.05) is 6.61 Å². The van der Waals surface area contributed by atoms with Crippen molar-refractivity contribution in [1.82, 2.24) is 0 Å². The second kappa shape index (κ2) is 4.98. The number of hydrogen-bond acceptors (Lipinski definition) is 3. The van der Waals surface area contributed by atoms with Gasteiger partial charge >= 0.3 is 12.1 Å². The molecule has 0 aromatic carbocycles. The van der Waals surface area contributed by atoms with Gasteiger partial charge in [0.25, 0.3) is 0 Å². The molecule has 0 spiro atoms. The third kappa shape index (κ3) is 2.55. The van der Waals surface area contributed by atoms with Gasteiger partial charge in [0.15, 0.2) is 0 Å². The molecule has 4 bridgehead atoms. The van der Waals surface area contributed by atoms with E-state index in [9.17, 15) is 23.1 Å². The molecule has 0 radical (unpaired) electrons. The molecule has 124 valence electrons. The molecule has 6 heteroatoms. The number of carbonyl (C=O) groups is 1. The average molecular weight is 318 g/mol. The topological polar surface area (TPSA) is 46.5 Å². The maximum atomic E-state index is 12.9. The Morgan fingerprint density at radius 2 is 1.86 bits per heavy atom. The highest BCUT2D eigenvalue weighted by atomic mass is 19.4. The van der Waals surface area contributed by atoms with Gasteiger partial charge in [0.1, 0.15) is 11.2 Å². The number of alkyl halides is 3. The Morgan fingerprint density at radius 3 is 2.32 bits per heavy atom. The third-order valence-electron chi connectivity index (χ3n) is 5.59. The quantitative estimate of drug-likeness (QED) is 0.641. The molecule has 0 amide bonds. The van der Waals surface area contributed by atoms with Gasteiger partial charge in [-0.05, 0) is 62.7 Å². The molecule has 2 unspecified atom stereocenters. The molecule has 0 heterocycles. The number of hydrogen-bond donors (Lipinski definition) is 1. The monoisotopic (exact) mass is 318 g/mol. The Bertz CT molecular complexity index is 495. The van der Waals surface area contributed by atoms with E-state index in [1.807, 2.05) is 0 Å². The lowest BCUT2D eigenvalue weighted by Gasteiger charge is -2.60. The lowest BCUT2D eigenvalue weighted by Crippen LogP contribution is -2.58. The fraction of sp³-hybridized carbons (Fsp3) is 0.812. The summed E-state index contributed by atoms with van der Waals surface area (Å²) in [6, 6.07) is 0. The van der Waals surface area contributed by atoms with Crippen molar-refractivity contribution >= 4 is 5.97 Å². The first kappa shape index (κ1) is 15.8. The van der Waals surface area contributed by atoms with Crippen molar-refractivity contribution < 1.29 is 27.8 Å². The largest absolute Gasteiger partial charge is 0.455 e. The molecule has 3 nitrogen and oxygen atoms in total. The first-order chi connectivity index (χ1) is 10.2. The van der Waals surface area contributed by atoms with Crippen LogP contribution < -0.4 is 0 Å². The minimum atomic E-state index is -4.69. The Morgan fingerprint density at radius 1 is 1.27 bits per heavy atom. The molecule has 1 N–H and O–H groups in total. The van der Waals surface area contributed by atoms with E-state index in [0.29, 0.717) is 31.1 Å². The molecule has 4 saturated carbocycles. The highest BCUT2D eigenvalue weighted by Crippen LogP contribution is 2.62. The molecule has 22 heavy (non-hydrogen) atoms. The molecule has 0 saturated heterocycles. The van der Waals surface area contributed by atoms with Crippen LogP contribution in [0, 0.1) is 17.3 Å². The van der Waals surface area contributed by atoms with Crippen molar-refractivity contribution in [3.05, 3.63) is 11.6 Å². The van der Waals surface area contributed by atoms with Crippen molar-refractivity contribution in [3.63, 3.8) is 0 Å². The molecule has 4 aliphatic carbocycles. The van der Waals surface area contributed by atoms with Crippen LogP contribution >= 0.6 is 0 Å². The zero-order valence-electron chi connectivity index (χ0n) is 12.6. The standard InChI is InChI=1S/C16H21F3O3/c1-2-12(16(17,18)19)13(21)22-15-6-10-3-11(7-15)5-14(4-10,8-15)9-20/h2,10-11,20H,3-9H2,1H3. The number of rotatable bonds is 3. The highest BCUT2D eigenvalue weighted by molar-refractivity contribution is 5.90. The van der Waals surface area contributed by atoms with E-state index < -0.39 is 23.3 Å². The number of allylic oxidation sites excluding steroid dienone is 1. The van der Waals surface area contributed by atoms with E-state index in [1.165, 1.54) is 6.92 Å². The third-order valence-corrected chi connectivity index (χ3v) is 5.59. The summed E-state index contributed by atoms with van der Waals surface area (Å²) in [5, 5.41) is 9.73. The van der Waals surface area contributed by atoms with Gasteiger partial charge in [-0.15, -0.1) is 0 Å². The molecular weight excluding hydrogens is 297 g/mol. The van der Waals surface area contributed by atoms with Crippen LogP contribution in [0.25, 0.3) is 0 Å². The summed E-state index contributed by atoms with van der Waals surface area (Å²) in [6.45, 7) is 1.22. The second-order valence-electron chi connectivity index (χ2n) is 7.39. The van der Waals surface area contributed by atoms with Gasteiger partial charge in [-0.1, -0.05) is 6.08 Å². The lowest BCUT2D eigenvalue weighted by molar-refractivity contribution is -0.208. The fourth-order valence-corrected chi connectivity index (χ4v) is 5.32. The van der Waals surface area contributed by atoms with Crippen LogP contribution in [0.2, 0.25) is 0 Å². The van der Waals surface area contributed by atoms with Crippen LogP contribution in [0.4, 0.5) is 13.2 Å². The molecule has 4 rings (SSSR count). The molecule has 0 aliphatic heterocycles. The summed E-state index contributed by atoms with van der Waals surface area (Å²) in [6.07, 6.45) is 0.663. The zero-order chi connectivity index (χ0) is 16.2. The number of aliphatic hydroxyl groups excluding tert-OH is 1. The van der Waals surface area contributed by atoms with E-state index >= 15 is 0 Å². The number of esters is 1. The summed E-state index contributed by atoms with van der Waals surface area (Å²) < 4.78 is 44.0. The van der Waals surface area contributed by atoms with Crippen LogP contribution in [0.3, 0.4) is 0 Å². The summed E-state index contributed by atoms with van der Waals surface area (Å²) in [5.74, 6) is -0.577. The predicted molar refractivity (Wildman–Crippen MR) is 72.8 cm³/mol. The van der Waals surface area contributed by atoms with E-state index in [4.69, 9.17) is 4.74 Å². The Kier molecular flexibility index (Phi) is 3.59. The number of carbonyl (C=O) groups excluding carboxylic acids is 1. The molecule has 4 aliphatic rings. The maximum absolute atomic E-state index is 12.9. The van der Waals surface area contributed by atoms with Crippen LogP contribution in [-0.4, -0.2) is 29.5 Å². The minimum Gasteiger partial charge on any atom is -0.455 e. The van der Waals surface area contributed by atoms with E-state index in [-0.39, 0.29) is 12.0 Å². The first-order valence-electron chi connectivity index (χ1n) is 7.79. The number of ether oxygens (including phenoxy) is 1. The maximum Gasteiger partial charge on any atom is 0.423 e. The fourth-order valence-electron chi connectivity index (χ4n) is 5.32. The lowest BCUT2D eigenvalue weighted by atomic mass is 9.48. The normalized spacial score (nSPS) is 40.9. The summed E-state index contributed by atoms with van der Waals surface area (Å²) >= 11 is 0. The Balaban J connectivity index is 1.82. The van der Waals surface area contributed by atoms with Crippen molar-refractivity contribution in [2.45, 2.75) is 57.2 Å².